The number of ketones is 1. The lowest BCUT2D eigenvalue weighted by Crippen LogP contribution is -2.47. The number of ether oxygens (including phenoxy) is 1. The van der Waals surface area contributed by atoms with Crippen LogP contribution in [0.25, 0.3) is 0 Å². The zero-order valence-corrected chi connectivity index (χ0v) is 11.6. The van der Waals surface area contributed by atoms with Crippen LogP contribution >= 0.6 is 0 Å². The number of rotatable bonds is 2. The monoisotopic (exact) mass is 275 g/mol. The van der Waals surface area contributed by atoms with Gasteiger partial charge in [0.15, 0.2) is 5.78 Å². The van der Waals surface area contributed by atoms with Gasteiger partial charge in [0.05, 0.1) is 7.11 Å². The first-order valence-electron chi connectivity index (χ1n) is 6.49. The fraction of sp³-hybridized carbons (Fsp3) is 0.400. The van der Waals surface area contributed by atoms with Crippen LogP contribution in [0.3, 0.4) is 0 Å². The number of carbonyl (C=O) groups is 3. The minimum absolute atomic E-state index is 0.0955. The molecule has 20 heavy (non-hydrogen) atoms. The Kier molecular flexibility index (Phi) is 4.17. The molecule has 5 heteroatoms. The van der Waals surface area contributed by atoms with E-state index in [1.54, 1.807) is 12.1 Å². The van der Waals surface area contributed by atoms with E-state index < -0.39 is 11.9 Å². The van der Waals surface area contributed by atoms with E-state index in [2.05, 4.69) is 4.74 Å². The van der Waals surface area contributed by atoms with Gasteiger partial charge in [0.1, 0.15) is 5.92 Å². The van der Waals surface area contributed by atoms with Crippen molar-refractivity contribution in [2.24, 2.45) is 5.92 Å². The van der Waals surface area contributed by atoms with Crippen molar-refractivity contribution in [1.29, 1.82) is 0 Å². The zero-order chi connectivity index (χ0) is 14.7. The minimum Gasteiger partial charge on any atom is -0.468 e. The Hall–Kier alpha value is -2.17. The maximum Gasteiger partial charge on any atom is 0.318 e. The number of likely N-dealkylation sites (tertiary alicyclic amines) is 1. The van der Waals surface area contributed by atoms with Crippen molar-refractivity contribution in [3.05, 3.63) is 35.4 Å². The minimum atomic E-state index is -0.858. The number of benzene rings is 1. The number of carbonyl (C=O) groups excluding carboxylic acids is 3. The molecule has 1 heterocycles. The van der Waals surface area contributed by atoms with Gasteiger partial charge in [-0.3, -0.25) is 14.4 Å². The van der Waals surface area contributed by atoms with Gasteiger partial charge in [-0.15, -0.1) is 0 Å². The lowest BCUT2D eigenvalue weighted by molar-refractivity contribution is -0.151. The number of hydrogen-bond donors (Lipinski definition) is 0. The van der Waals surface area contributed by atoms with Crippen LogP contribution in [0.5, 0.6) is 0 Å². The lowest BCUT2D eigenvalue weighted by Gasteiger charge is -2.30. The van der Waals surface area contributed by atoms with Crippen LogP contribution in [0, 0.1) is 12.8 Å². The third-order valence-corrected chi connectivity index (χ3v) is 3.49. The molecule has 0 saturated carbocycles. The number of piperidine rings is 1. The summed E-state index contributed by atoms with van der Waals surface area (Å²) in [4.78, 5) is 37.1. The summed E-state index contributed by atoms with van der Waals surface area (Å²) in [6, 6.07) is 7.22. The normalized spacial score (nSPS) is 18.8. The fourth-order valence-electron chi connectivity index (χ4n) is 2.24. The Morgan fingerprint density at radius 1 is 1.25 bits per heavy atom. The van der Waals surface area contributed by atoms with E-state index in [0.29, 0.717) is 12.1 Å². The van der Waals surface area contributed by atoms with Crippen molar-refractivity contribution < 1.29 is 19.1 Å². The molecule has 0 aliphatic carbocycles. The smallest absolute Gasteiger partial charge is 0.318 e. The van der Waals surface area contributed by atoms with Crippen molar-refractivity contribution in [3.8, 4) is 0 Å². The molecule has 0 spiro atoms. The highest BCUT2D eigenvalue weighted by atomic mass is 16.5. The molecule has 1 aromatic carbocycles. The van der Waals surface area contributed by atoms with Crippen molar-refractivity contribution >= 4 is 17.7 Å². The summed E-state index contributed by atoms with van der Waals surface area (Å²) < 4.78 is 4.61. The Morgan fingerprint density at radius 3 is 2.50 bits per heavy atom. The molecule has 5 nitrogen and oxygen atoms in total. The summed E-state index contributed by atoms with van der Waals surface area (Å²) in [5.74, 6) is -1.75. The molecule has 1 saturated heterocycles. The first-order valence-corrected chi connectivity index (χ1v) is 6.49. The summed E-state index contributed by atoms with van der Waals surface area (Å²) in [6.07, 6.45) is 0.192. The number of methoxy groups -OCH3 is 1. The molecule has 1 aromatic rings. The van der Waals surface area contributed by atoms with Gasteiger partial charge in [-0.25, -0.2) is 0 Å². The second-order valence-electron chi connectivity index (χ2n) is 4.91. The van der Waals surface area contributed by atoms with Crippen LogP contribution < -0.4 is 0 Å². The highest BCUT2D eigenvalue weighted by Crippen LogP contribution is 2.17. The van der Waals surface area contributed by atoms with Crippen molar-refractivity contribution in [3.63, 3.8) is 0 Å². The van der Waals surface area contributed by atoms with Gasteiger partial charge < -0.3 is 9.64 Å². The molecular weight excluding hydrogens is 258 g/mol. The van der Waals surface area contributed by atoms with E-state index in [1.807, 2.05) is 19.1 Å². The van der Waals surface area contributed by atoms with E-state index in [0.717, 1.165) is 5.56 Å². The van der Waals surface area contributed by atoms with E-state index >= 15 is 0 Å². The molecule has 0 bridgehead atoms. The quantitative estimate of drug-likeness (QED) is 0.601. The molecule has 1 atom stereocenters. The molecule has 1 aliphatic rings. The van der Waals surface area contributed by atoms with E-state index in [9.17, 15) is 14.4 Å². The fourth-order valence-corrected chi connectivity index (χ4v) is 2.24. The molecule has 0 radical (unpaired) electrons. The number of amides is 1. The van der Waals surface area contributed by atoms with Crippen molar-refractivity contribution in [2.75, 3.05) is 20.2 Å². The molecule has 0 aromatic heterocycles. The Morgan fingerprint density at radius 2 is 1.90 bits per heavy atom. The Bertz CT molecular complexity index is 527. The third-order valence-electron chi connectivity index (χ3n) is 3.49. The summed E-state index contributed by atoms with van der Waals surface area (Å²) in [6.45, 7) is 2.39. The van der Waals surface area contributed by atoms with Crippen LogP contribution in [-0.4, -0.2) is 42.8 Å². The van der Waals surface area contributed by atoms with E-state index in [4.69, 9.17) is 0 Å². The Balaban J connectivity index is 2.13. The predicted molar refractivity (Wildman–Crippen MR) is 72.2 cm³/mol. The van der Waals surface area contributed by atoms with Crippen LogP contribution in [0.2, 0.25) is 0 Å². The average Bonchev–Trinajstić information content (AvgIpc) is 2.47. The summed E-state index contributed by atoms with van der Waals surface area (Å²) in [5, 5.41) is 0. The number of nitrogens with zero attached hydrogens (tertiary/aromatic N) is 1. The number of aryl methyl sites for hydroxylation is 1. The number of esters is 1. The summed E-state index contributed by atoms with van der Waals surface area (Å²) in [5.41, 5.74) is 1.64. The maximum atomic E-state index is 12.3. The first-order chi connectivity index (χ1) is 9.52. The summed E-state index contributed by atoms with van der Waals surface area (Å²) in [7, 11) is 1.25. The second kappa shape index (κ2) is 5.86. The van der Waals surface area contributed by atoms with Gasteiger partial charge in [-0.1, -0.05) is 17.7 Å². The molecule has 106 valence electrons. The van der Waals surface area contributed by atoms with Gasteiger partial charge in [0.25, 0.3) is 5.91 Å². The second-order valence-corrected chi connectivity index (χ2v) is 4.91. The molecule has 1 unspecified atom stereocenters. The Labute approximate surface area is 117 Å². The van der Waals surface area contributed by atoms with Gasteiger partial charge >= 0.3 is 5.97 Å². The van der Waals surface area contributed by atoms with Gasteiger partial charge in [-0.05, 0) is 19.1 Å². The van der Waals surface area contributed by atoms with Crippen molar-refractivity contribution in [2.45, 2.75) is 13.3 Å². The lowest BCUT2D eigenvalue weighted by atomic mass is 9.96. The number of hydrogen-bond acceptors (Lipinski definition) is 4. The van der Waals surface area contributed by atoms with Gasteiger partial charge in [0, 0.05) is 25.1 Å². The predicted octanol–water partition coefficient (Wildman–Crippen LogP) is 1.20. The van der Waals surface area contributed by atoms with E-state index in [-0.39, 0.29) is 24.7 Å². The number of Topliss-reactive ketones (excluding diaryl/α,β-unsaturated/α-hetero) is 1. The first kappa shape index (κ1) is 14.2. The summed E-state index contributed by atoms with van der Waals surface area (Å²) >= 11 is 0. The van der Waals surface area contributed by atoms with Crippen LogP contribution in [-0.2, 0) is 14.3 Å². The van der Waals surface area contributed by atoms with Gasteiger partial charge in [0.2, 0.25) is 0 Å². The molecule has 0 N–H and O–H groups in total. The highest BCUT2D eigenvalue weighted by molar-refractivity contribution is 6.02. The SMILES string of the molecule is COC(=O)C1CN(C(=O)c2ccc(C)cc2)CCC1=O. The highest BCUT2D eigenvalue weighted by Gasteiger charge is 2.35. The molecule has 1 fully saturated rings. The molecule has 1 aliphatic heterocycles. The molecule has 2 rings (SSSR count). The maximum absolute atomic E-state index is 12.3. The zero-order valence-electron chi connectivity index (χ0n) is 11.6. The molecule has 1 amide bonds. The topological polar surface area (TPSA) is 63.7 Å². The average molecular weight is 275 g/mol. The van der Waals surface area contributed by atoms with Crippen LogP contribution in [0.15, 0.2) is 24.3 Å². The van der Waals surface area contributed by atoms with Crippen LogP contribution in [0.4, 0.5) is 0 Å². The third kappa shape index (κ3) is 2.87. The largest absolute Gasteiger partial charge is 0.468 e. The van der Waals surface area contributed by atoms with E-state index in [1.165, 1.54) is 12.0 Å². The van der Waals surface area contributed by atoms with Gasteiger partial charge in [-0.2, -0.15) is 0 Å². The molecular formula is C15H17NO4. The van der Waals surface area contributed by atoms with Crippen molar-refractivity contribution in [1.82, 2.24) is 4.90 Å². The standard InChI is InChI=1S/C15H17NO4/c1-10-3-5-11(6-4-10)14(18)16-8-7-13(17)12(9-16)15(19)20-2/h3-6,12H,7-9H2,1-2H3. The van der Waals surface area contributed by atoms with Crippen LogP contribution in [0.1, 0.15) is 22.3 Å².